The highest BCUT2D eigenvalue weighted by molar-refractivity contribution is 7.80. The lowest BCUT2D eigenvalue weighted by molar-refractivity contribution is 0.0376. The van der Waals surface area contributed by atoms with Gasteiger partial charge in [-0.2, -0.15) is 5.10 Å². The van der Waals surface area contributed by atoms with Crippen LogP contribution in [0.2, 0.25) is 0 Å². The second-order valence-electron chi connectivity index (χ2n) is 5.83. The molecule has 7 heteroatoms. The van der Waals surface area contributed by atoms with Gasteiger partial charge in [0.25, 0.3) is 0 Å². The van der Waals surface area contributed by atoms with E-state index in [1.165, 1.54) is 0 Å². The van der Waals surface area contributed by atoms with Crippen molar-refractivity contribution in [2.75, 3.05) is 46.0 Å². The second kappa shape index (κ2) is 8.96. The Morgan fingerprint density at radius 2 is 2.04 bits per heavy atom. The normalized spacial score (nSPS) is 19.4. The number of fused-ring (bicyclic) bond motifs is 1. The molecule has 2 aliphatic rings. The zero-order chi connectivity index (χ0) is 16.6. The van der Waals surface area contributed by atoms with E-state index in [2.05, 4.69) is 20.7 Å². The summed E-state index contributed by atoms with van der Waals surface area (Å²) < 4.78 is 11.0. The number of para-hydroxylation sites is 1. The van der Waals surface area contributed by atoms with Crippen molar-refractivity contribution >= 4 is 23.0 Å². The smallest absolute Gasteiger partial charge is 0.186 e. The van der Waals surface area contributed by atoms with Gasteiger partial charge in [0.2, 0.25) is 0 Å². The minimum atomic E-state index is 0.563. The molecule has 6 nitrogen and oxygen atoms in total. The van der Waals surface area contributed by atoms with E-state index < -0.39 is 0 Å². The van der Waals surface area contributed by atoms with Crippen LogP contribution >= 0.6 is 12.2 Å². The number of thiocarbonyl (C=S) groups is 1. The number of hydrazone groups is 1. The van der Waals surface area contributed by atoms with Crippen LogP contribution in [0.1, 0.15) is 18.4 Å². The van der Waals surface area contributed by atoms with Gasteiger partial charge in [0, 0.05) is 31.6 Å². The van der Waals surface area contributed by atoms with Crippen LogP contribution in [0, 0.1) is 0 Å². The van der Waals surface area contributed by atoms with E-state index in [4.69, 9.17) is 21.7 Å². The van der Waals surface area contributed by atoms with Crippen LogP contribution in [0.25, 0.3) is 0 Å². The summed E-state index contributed by atoms with van der Waals surface area (Å²) in [6, 6.07) is 7.95. The monoisotopic (exact) mass is 348 g/mol. The summed E-state index contributed by atoms with van der Waals surface area (Å²) in [6.45, 7) is 6.30. The maximum absolute atomic E-state index is 5.63. The van der Waals surface area contributed by atoms with Crippen LogP contribution in [0.15, 0.2) is 29.4 Å². The number of nitrogens with zero attached hydrogens (tertiary/aromatic N) is 2. The number of ether oxygens (including phenoxy) is 2. The molecule has 0 unspecified atom stereocenters. The van der Waals surface area contributed by atoms with Crippen molar-refractivity contribution in [2.45, 2.75) is 12.8 Å². The Hall–Kier alpha value is -1.70. The molecule has 0 bridgehead atoms. The summed E-state index contributed by atoms with van der Waals surface area (Å²) in [4.78, 5) is 2.42. The first-order valence-corrected chi connectivity index (χ1v) is 8.86. The number of rotatable bonds is 5. The highest BCUT2D eigenvalue weighted by Crippen LogP contribution is 2.24. The van der Waals surface area contributed by atoms with E-state index in [1.807, 2.05) is 24.3 Å². The van der Waals surface area contributed by atoms with Gasteiger partial charge in [-0.05, 0) is 37.3 Å². The van der Waals surface area contributed by atoms with E-state index in [0.29, 0.717) is 11.7 Å². The van der Waals surface area contributed by atoms with Crippen LogP contribution in [-0.2, 0) is 4.74 Å². The standard InChI is InChI=1S/C17H24N4O2S/c24-17(18-7-3-8-21-9-12-22-13-10-21)20-19-15-6-11-23-16-5-2-1-4-14(15)16/h1-2,4-5H,3,6-13H2,(H2,18,20,24). The average molecular weight is 348 g/mol. The van der Waals surface area contributed by atoms with Crippen molar-refractivity contribution in [1.82, 2.24) is 15.6 Å². The first kappa shape index (κ1) is 17.1. The molecular weight excluding hydrogens is 324 g/mol. The minimum Gasteiger partial charge on any atom is -0.492 e. The molecule has 2 N–H and O–H groups in total. The van der Waals surface area contributed by atoms with Crippen molar-refractivity contribution in [3.05, 3.63) is 29.8 Å². The predicted octanol–water partition coefficient (Wildman–Crippen LogP) is 1.36. The lowest BCUT2D eigenvalue weighted by Crippen LogP contribution is -2.39. The van der Waals surface area contributed by atoms with Gasteiger partial charge in [-0.3, -0.25) is 10.3 Å². The number of hydrogen-bond acceptors (Lipinski definition) is 5. The molecule has 2 aliphatic heterocycles. The fourth-order valence-electron chi connectivity index (χ4n) is 2.83. The highest BCUT2D eigenvalue weighted by Gasteiger charge is 2.16. The van der Waals surface area contributed by atoms with Crippen LogP contribution in [0.5, 0.6) is 5.75 Å². The molecule has 0 spiro atoms. The molecule has 130 valence electrons. The topological polar surface area (TPSA) is 58.1 Å². The van der Waals surface area contributed by atoms with Gasteiger partial charge in [-0.25, -0.2) is 0 Å². The van der Waals surface area contributed by atoms with Crippen molar-refractivity contribution < 1.29 is 9.47 Å². The van der Waals surface area contributed by atoms with Crippen LogP contribution in [-0.4, -0.2) is 61.7 Å². The molecule has 3 rings (SSSR count). The van der Waals surface area contributed by atoms with E-state index >= 15 is 0 Å². The molecule has 0 aliphatic carbocycles. The Morgan fingerprint density at radius 1 is 1.21 bits per heavy atom. The summed E-state index contributed by atoms with van der Waals surface area (Å²) >= 11 is 5.30. The molecule has 1 aromatic rings. The molecule has 1 fully saturated rings. The molecule has 0 aromatic heterocycles. The van der Waals surface area contributed by atoms with Crippen molar-refractivity contribution in [3.8, 4) is 5.75 Å². The van der Waals surface area contributed by atoms with Crippen molar-refractivity contribution in [1.29, 1.82) is 0 Å². The lowest BCUT2D eigenvalue weighted by Gasteiger charge is -2.26. The van der Waals surface area contributed by atoms with Crippen LogP contribution < -0.4 is 15.5 Å². The summed E-state index contributed by atoms with van der Waals surface area (Å²) in [5.74, 6) is 0.883. The van der Waals surface area contributed by atoms with Crippen LogP contribution in [0.3, 0.4) is 0 Å². The highest BCUT2D eigenvalue weighted by atomic mass is 32.1. The number of morpholine rings is 1. The summed E-state index contributed by atoms with van der Waals surface area (Å²) in [5, 5.41) is 8.22. The number of nitrogens with one attached hydrogen (secondary N) is 2. The molecule has 0 atom stereocenters. The number of benzene rings is 1. The first-order chi connectivity index (χ1) is 11.8. The maximum atomic E-state index is 5.63. The Morgan fingerprint density at radius 3 is 2.92 bits per heavy atom. The Kier molecular flexibility index (Phi) is 6.40. The van der Waals surface area contributed by atoms with Crippen molar-refractivity contribution in [2.24, 2.45) is 5.10 Å². The van der Waals surface area contributed by atoms with Crippen LogP contribution in [0.4, 0.5) is 0 Å². The van der Waals surface area contributed by atoms with Gasteiger partial charge >= 0.3 is 0 Å². The molecule has 0 amide bonds. The van der Waals surface area contributed by atoms with Gasteiger partial charge in [-0.1, -0.05) is 12.1 Å². The summed E-state index contributed by atoms with van der Waals surface area (Å²) in [7, 11) is 0. The third-order valence-electron chi connectivity index (χ3n) is 4.13. The summed E-state index contributed by atoms with van der Waals surface area (Å²) in [6.07, 6.45) is 1.83. The average Bonchev–Trinajstić information content (AvgIpc) is 2.64. The van der Waals surface area contributed by atoms with E-state index in [-0.39, 0.29) is 0 Å². The third kappa shape index (κ3) is 4.90. The molecular formula is C17H24N4O2S. The quantitative estimate of drug-likeness (QED) is 0.476. The SMILES string of the molecule is S=C(NCCCN1CCOCC1)NN=C1CCOc2ccccc21. The van der Waals surface area contributed by atoms with Gasteiger partial charge < -0.3 is 14.8 Å². The van der Waals surface area contributed by atoms with Gasteiger partial charge in [0.1, 0.15) is 5.75 Å². The zero-order valence-corrected chi connectivity index (χ0v) is 14.6. The van der Waals surface area contributed by atoms with E-state index in [9.17, 15) is 0 Å². The third-order valence-corrected chi connectivity index (χ3v) is 4.36. The molecule has 24 heavy (non-hydrogen) atoms. The molecule has 2 heterocycles. The first-order valence-electron chi connectivity index (χ1n) is 8.45. The van der Waals surface area contributed by atoms with E-state index in [1.54, 1.807) is 0 Å². The largest absolute Gasteiger partial charge is 0.492 e. The molecule has 1 aromatic carbocycles. The lowest BCUT2D eigenvalue weighted by atomic mass is 10.0. The second-order valence-corrected chi connectivity index (χ2v) is 6.24. The maximum Gasteiger partial charge on any atom is 0.186 e. The van der Waals surface area contributed by atoms with E-state index in [0.717, 1.165) is 69.3 Å². The number of hydrogen-bond donors (Lipinski definition) is 2. The summed E-state index contributed by atoms with van der Waals surface area (Å²) in [5.41, 5.74) is 4.97. The fourth-order valence-corrected chi connectivity index (χ4v) is 2.97. The minimum absolute atomic E-state index is 0.563. The Bertz CT molecular complexity index is 588. The predicted molar refractivity (Wildman–Crippen MR) is 98.7 cm³/mol. The van der Waals surface area contributed by atoms with Crippen molar-refractivity contribution in [3.63, 3.8) is 0 Å². The molecule has 0 radical (unpaired) electrons. The van der Waals surface area contributed by atoms with Gasteiger partial charge in [0.05, 0.1) is 25.5 Å². The Balaban J connectivity index is 1.39. The zero-order valence-electron chi connectivity index (χ0n) is 13.8. The fraction of sp³-hybridized carbons (Fsp3) is 0.529. The van der Waals surface area contributed by atoms with Gasteiger partial charge in [0.15, 0.2) is 5.11 Å². The Labute approximate surface area is 148 Å². The molecule has 0 saturated carbocycles. The van der Waals surface area contributed by atoms with Gasteiger partial charge in [-0.15, -0.1) is 0 Å². The molecule has 1 saturated heterocycles.